The molecule has 0 saturated heterocycles. The van der Waals surface area contributed by atoms with Crippen molar-refractivity contribution in [3.8, 4) is 0 Å². The molecule has 0 spiro atoms. The molecule has 138 valence electrons. The van der Waals surface area contributed by atoms with E-state index in [0.29, 0.717) is 16.4 Å². The van der Waals surface area contributed by atoms with Crippen LogP contribution in [-0.4, -0.2) is 28.7 Å². The molecule has 0 fully saturated rings. The first-order chi connectivity index (χ1) is 12.3. The predicted octanol–water partition coefficient (Wildman–Crippen LogP) is 1.87. The molecule has 0 saturated carbocycles. The summed E-state index contributed by atoms with van der Waals surface area (Å²) in [6.07, 6.45) is 0.0179. The summed E-state index contributed by atoms with van der Waals surface area (Å²) < 4.78 is 0. The van der Waals surface area contributed by atoms with Gasteiger partial charge in [-0.2, -0.15) is 0 Å². The maximum atomic E-state index is 12.6. The Morgan fingerprint density at radius 3 is 2.54 bits per heavy atom. The van der Waals surface area contributed by atoms with Crippen LogP contribution in [0.25, 0.3) is 0 Å². The summed E-state index contributed by atoms with van der Waals surface area (Å²) in [6, 6.07) is 6.48. The maximum Gasteiger partial charge on any atom is 0.252 e. The summed E-state index contributed by atoms with van der Waals surface area (Å²) in [5.41, 5.74) is 7.01. The molecule has 1 heterocycles. The highest BCUT2D eigenvalue weighted by Crippen LogP contribution is 2.17. The van der Waals surface area contributed by atoms with Gasteiger partial charge in [-0.15, -0.1) is 11.3 Å². The summed E-state index contributed by atoms with van der Waals surface area (Å²) >= 11 is 1.20. The minimum atomic E-state index is -0.717. The molecule has 3 amide bonds. The van der Waals surface area contributed by atoms with Gasteiger partial charge in [0.2, 0.25) is 11.8 Å². The zero-order chi connectivity index (χ0) is 19.3. The van der Waals surface area contributed by atoms with Crippen molar-refractivity contribution in [1.82, 2.24) is 10.3 Å². The molecule has 2 rings (SSSR count). The standard InChI is InChI=1S/C18H22N4O3S/c1-10(2)15(21-16(24)13-7-5-4-6-11(13)3)17(25)22-18-20-12(9-26-18)8-14(19)23/h4-7,9-10,15H,8H2,1-3H3,(H2,19,23)(H,21,24)(H,20,22,25). The molecule has 1 aromatic heterocycles. The molecule has 1 atom stereocenters. The van der Waals surface area contributed by atoms with E-state index >= 15 is 0 Å². The lowest BCUT2D eigenvalue weighted by molar-refractivity contribution is -0.119. The van der Waals surface area contributed by atoms with E-state index in [2.05, 4.69) is 15.6 Å². The smallest absolute Gasteiger partial charge is 0.252 e. The van der Waals surface area contributed by atoms with Gasteiger partial charge in [-0.3, -0.25) is 14.4 Å². The molecule has 1 aromatic carbocycles. The van der Waals surface area contributed by atoms with Crippen molar-refractivity contribution >= 4 is 34.2 Å². The van der Waals surface area contributed by atoms with E-state index in [9.17, 15) is 14.4 Å². The zero-order valence-electron chi connectivity index (χ0n) is 14.9. The van der Waals surface area contributed by atoms with Gasteiger partial charge in [0.15, 0.2) is 5.13 Å². The van der Waals surface area contributed by atoms with E-state index in [1.54, 1.807) is 17.5 Å². The molecule has 0 aliphatic carbocycles. The number of primary amides is 1. The Balaban J connectivity index is 2.07. The number of benzene rings is 1. The number of nitrogens with two attached hydrogens (primary N) is 1. The number of anilines is 1. The van der Waals surface area contributed by atoms with Gasteiger partial charge in [-0.05, 0) is 24.5 Å². The molecule has 2 aromatic rings. The third-order valence-corrected chi connectivity index (χ3v) is 4.57. The van der Waals surface area contributed by atoms with Crippen molar-refractivity contribution in [2.24, 2.45) is 11.7 Å². The predicted molar refractivity (Wildman–Crippen MR) is 101 cm³/mol. The fourth-order valence-corrected chi connectivity index (χ4v) is 3.10. The van der Waals surface area contributed by atoms with Crippen LogP contribution >= 0.6 is 11.3 Å². The van der Waals surface area contributed by atoms with E-state index in [4.69, 9.17) is 5.73 Å². The molecule has 7 nitrogen and oxygen atoms in total. The largest absolute Gasteiger partial charge is 0.369 e. The highest BCUT2D eigenvalue weighted by atomic mass is 32.1. The first-order valence-electron chi connectivity index (χ1n) is 8.18. The van der Waals surface area contributed by atoms with E-state index in [1.807, 2.05) is 32.9 Å². The highest BCUT2D eigenvalue weighted by Gasteiger charge is 2.26. The summed E-state index contributed by atoms with van der Waals surface area (Å²) in [5.74, 6) is -1.26. The molecule has 0 radical (unpaired) electrons. The molecular weight excluding hydrogens is 352 g/mol. The number of nitrogens with one attached hydrogen (secondary N) is 2. The number of aromatic nitrogens is 1. The molecule has 26 heavy (non-hydrogen) atoms. The first-order valence-corrected chi connectivity index (χ1v) is 9.06. The van der Waals surface area contributed by atoms with Crippen molar-refractivity contribution in [3.05, 3.63) is 46.5 Å². The van der Waals surface area contributed by atoms with E-state index in [-0.39, 0.29) is 24.2 Å². The summed E-state index contributed by atoms with van der Waals surface area (Å²) in [6.45, 7) is 5.54. The number of amides is 3. The van der Waals surface area contributed by atoms with Crippen LogP contribution in [0.1, 0.15) is 35.5 Å². The van der Waals surface area contributed by atoms with Crippen molar-refractivity contribution in [1.29, 1.82) is 0 Å². The van der Waals surface area contributed by atoms with E-state index in [0.717, 1.165) is 5.56 Å². The number of aryl methyl sites for hydroxylation is 1. The van der Waals surface area contributed by atoms with Gasteiger partial charge in [0, 0.05) is 10.9 Å². The van der Waals surface area contributed by atoms with Crippen LogP contribution in [0, 0.1) is 12.8 Å². The molecule has 8 heteroatoms. The second-order valence-corrected chi connectivity index (χ2v) is 7.14. The number of thiazole rings is 1. The monoisotopic (exact) mass is 374 g/mol. The number of carbonyl (C=O) groups excluding carboxylic acids is 3. The van der Waals surface area contributed by atoms with Crippen molar-refractivity contribution in [2.75, 3.05) is 5.32 Å². The minimum Gasteiger partial charge on any atom is -0.369 e. The van der Waals surface area contributed by atoms with Gasteiger partial charge in [0.1, 0.15) is 6.04 Å². The maximum absolute atomic E-state index is 12.6. The third-order valence-electron chi connectivity index (χ3n) is 3.76. The number of hydrogen-bond acceptors (Lipinski definition) is 5. The van der Waals surface area contributed by atoms with Crippen molar-refractivity contribution in [2.45, 2.75) is 33.2 Å². The van der Waals surface area contributed by atoms with E-state index < -0.39 is 11.9 Å². The molecule has 0 aliphatic rings. The highest BCUT2D eigenvalue weighted by molar-refractivity contribution is 7.13. The topological polar surface area (TPSA) is 114 Å². The number of hydrogen-bond donors (Lipinski definition) is 3. The van der Waals surface area contributed by atoms with Crippen LogP contribution < -0.4 is 16.4 Å². The SMILES string of the molecule is Cc1ccccc1C(=O)NC(C(=O)Nc1nc(CC(N)=O)cs1)C(C)C. The fourth-order valence-electron chi connectivity index (χ4n) is 2.39. The number of nitrogens with zero attached hydrogens (tertiary/aromatic N) is 1. The number of carbonyl (C=O) groups is 3. The molecule has 4 N–H and O–H groups in total. The summed E-state index contributed by atoms with van der Waals surface area (Å²) in [4.78, 5) is 40.2. The van der Waals surface area contributed by atoms with Gasteiger partial charge in [-0.1, -0.05) is 32.0 Å². The Hall–Kier alpha value is -2.74. The lowest BCUT2D eigenvalue weighted by Crippen LogP contribution is -2.47. The van der Waals surface area contributed by atoms with Gasteiger partial charge in [0.25, 0.3) is 5.91 Å². The Morgan fingerprint density at radius 2 is 1.92 bits per heavy atom. The Kier molecular flexibility index (Phi) is 6.46. The summed E-state index contributed by atoms with van der Waals surface area (Å²) in [7, 11) is 0. The van der Waals surface area contributed by atoms with Crippen molar-refractivity contribution < 1.29 is 14.4 Å². The molecule has 0 aliphatic heterocycles. The average molecular weight is 374 g/mol. The van der Waals surface area contributed by atoms with Crippen LogP contribution in [0.5, 0.6) is 0 Å². The lowest BCUT2D eigenvalue weighted by atomic mass is 10.0. The second-order valence-electron chi connectivity index (χ2n) is 6.29. The third kappa shape index (κ3) is 5.13. The molecule has 0 bridgehead atoms. The van der Waals surface area contributed by atoms with Gasteiger partial charge in [0.05, 0.1) is 12.1 Å². The van der Waals surface area contributed by atoms with Gasteiger partial charge in [-0.25, -0.2) is 4.98 Å². The Labute approximate surface area is 156 Å². The Bertz CT molecular complexity index is 816. The normalized spacial score (nSPS) is 11.8. The van der Waals surface area contributed by atoms with Crippen LogP contribution in [0.4, 0.5) is 5.13 Å². The summed E-state index contributed by atoms with van der Waals surface area (Å²) in [5, 5.41) is 7.50. The minimum absolute atomic E-state index is 0.0179. The quantitative estimate of drug-likeness (QED) is 0.686. The van der Waals surface area contributed by atoms with Crippen LogP contribution in [0.2, 0.25) is 0 Å². The first kappa shape index (κ1) is 19.6. The van der Waals surface area contributed by atoms with Crippen LogP contribution in [-0.2, 0) is 16.0 Å². The lowest BCUT2D eigenvalue weighted by Gasteiger charge is -2.21. The molecular formula is C18H22N4O3S. The van der Waals surface area contributed by atoms with Crippen LogP contribution in [0.3, 0.4) is 0 Å². The van der Waals surface area contributed by atoms with Gasteiger partial charge >= 0.3 is 0 Å². The van der Waals surface area contributed by atoms with Crippen LogP contribution in [0.15, 0.2) is 29.6 Å². The van der Waals surface area contributed by atoms with Gasteiger partial charge < -0.3 is 16.4 Å². The average Bonchev–Trinajstić information content (AvgIpc) is 2.98. The molecule has 1 unspecified atom stereocenters. The van der Waals surface area contributed by atoms with Crippen molar-refractivity contribution in [3.63, 3.8) is 0 Å². The number of rotatable bonds is 7. The zero-order valence-corrected chi connectivity index (χ0v) is 15.7. The fraction of sp³-hybridized carbons (Fsp3) is 0.333. The van der Waals surface area contributed by atoms with E-state index in [1.165, 1.54) is 11.3 Å². The Morgan fingerprint density at radius 1 is 1.23 bits per heavy atom. The second kappa shape index (κ2) is 8.57.